The van der Waals surface area contributed by atoms with Gasteiger partial charge in [0.2, 0.25) is 0 Å². The minimum atomic E-state index is -0.444. The third-order valence-electron chi connectivity index (χ3n) is 3.36. The molecule has 0 atom stereocenters. The summed E-state index contributed by atoms with van der Waals surface area (Å²) < 4.78 is 5.59. The van der Waals surface area contributed by atoms with E-state index >= 15 is 0 Å². The van der Waals surface area contributed by atoms with E-state index in [4.69, 9.17) is 4.74 Å². The van der Waals surface area contributed by atoms with Gasteiger partial charge in [0.05, 0.1) is 11.7 Å². The van der Waals surface area contributed by atoms with Crippen LogP contribution in [-0.4, -0.2) is 23.4 Å². The zero-order chi connectivity index (χ0) is 13.0. The van der Waals surface area contributed by atoms with E-state index in [1.165, 1.54) is 5.56 Å². The number of rotatable bonds is 6. The SMILES string of the molecule is CC(C)Oc1ccc(CNCC2(O)CCC2)cc1. The van der Waals surface area contributed by atoms with Gasteiger partial charge >= 0.3 is 0 Å². The first-order valence-corrected chi connectivity index (χ1v) is 6.76. The van der Waals surface area contributed by atoms with Crippen molar-refractivity contribution in [3.63, 3.8) is 0 Å². The van der Waals surface area contributed by atoms with Gasteiger partial charge in [-0.05, 0) is 50.8 Å². The number of nitrogens with one attached hydrogen (secondary N) is 1. The van der Waals surface area contributed by atoms with Gasteiger partial charge in [-0.1, -0.05) is 12.1 Å². The van der Waals surface area contributed by atoms with Crippen molar-refractivity contribution in [1.29, 1.82) is 0 Å². The molecule has 0 saturated heterocycles. The summed E-state index contributed by atoms with van der Waals surface area (Å²) in [5, 5.41) is 13.3. The molecule has 1 aromatic carbocycles. The molecule has 1 saturated carbocycles. The maximum Gasteiger partial charge on any atom is 0.119 e. The van der Waals surface area contributed by atoms with E-state index in [1.54, 1.807) is 0 Å². The highest BCUT2D eigenvalue weighted by Crippen LogP contribution is 2.30. The molecule has 0 bridgehead atoms. The lowest BCUT2D eigenvalue weighted by molar-refractivity contribution is -0.0314. The van der Waals surface area contributed by atoms with Crippen LogP contribution in [0.3, 0.4) is 0 Å². The van der Waals surface area contributed by atoms with Crippen molar-refractivity contribution in [1.82, 2.24) is 5.32 Å². The fourth-order valence-electron chi connectivity index (χ4n) is 2.16. The molecule has 0 spiro atoms. The molecule has 2 N–H and O–H groups in total. The summed E-state index contributed by atoms with van der Waals surface area (Å²) in [7, 11) is 0. The van der Waals surface area contributed by atoms with Crippen LogP contribution in [0.4, 0.5) is 0 Å². The summed E-state index contributed by atoms with van der Waals surface area (Å²) in [6.45, 7) is 5.53. The topological polar surface area (TPSA) is 41.5 Å². The predicted octanol–water partition coefficient (Wildman–Crippen LogP) is 2.48. The van der Waals surface area contributed by atoms with Gasteiger partial charge < -0.3 is 15.2 Å². The first kappa shape index (κ1) is 13.4. The quantitative estimate of drug-likeness (QED) is 0.814. The second-order valence-electron chi connectivity index (χ2n) is 5.49. The molecule has 0 amide bonds. The van der Waals surface area contributed by atoms with Gasteiger partial charge in [0.15, 0.2) is 0 Å². The van der Waals surface area contributed by atoms with Crippen molar-refractivity contribution in [2.75, 3.05) is 6.54 Å². The summed E-state index contributed by atoms with van der Waals surface area (Å²) in [4.78, 5) is 0. The van der Waals surface area contributed by atoms with Gasteiger partial charge in [-0.2, -0.15) is 0 Å². The predicted molar refractivity (Wildman–Crippen MR) is 72.7 cm³/mol. The fourth-order valence-corrected chi connectivity index (χ4v) is 2.16. The summed E-state index contributed by atoms with van der Waals surface area (Å²) in [5.41, 5.74) is 0.773. The van der Waals surface area contributed by atoms with Crippen molar-refractivity contribution in [3.05, 3.63) is 29.8 Å². The highest BCUT2D eigenvalue weighted by atomic mass is 16.5. The lowest BCUT2D eigenvalue weighted by atomic mass is 9.80. The number of hydrogen-bond donors (Lipinski definition) is 2. The van der Waals surface area contributed by atoms with Crippen LogP contribution in [0.2, 0.25) is 0 Å². The summed E-state index contributed by atoms with van der Waals surface area (Å²) in [6.07, 6.45) is 3.23. The maximum absolute atomic E-state index is 9.95. The van der Waals surface area contributed by atoms with Crippen molar-refractivity contribution in [3.8, 4) is 5.75 Å². The van der Waals surface area contributed by atoms with Gasteiger partial charge in [-0.15, -0.1) is 0 Å². The van der Waals surface area contributed by atoms with Crippen LogP contribution >= 0.6 is 0 Å². The summed E-state index contributed by atoms with van der Waals surface area (Å²) >= 11 is 0. The zero-order valence-electron chi connectivity index (χ0n) is 11.3. The molecule has 3 nitrogen and oxygen atoms in total. The lowest BCUT2D eigenvalue weighted by Gasteiger charge is -2.36. The molecule has 1 fully saturated rings. The molecule has 0 unspecified atom stereocenters. The van der Waals surface area contributed by atoms with Crippen LogP contribution in [0.1, 0.15) is 38.7 Å². The minimum absolute atomic E-state index is 0.210. The Morgan fingerprint density at radius 3 is 2.44 bits per heavy atom. The fraction of sp³-hybridized carbons (Fsp3) is 0.600. The van der Waals surface area contributed by atoms with Gasteiger partial charge in [0.25, 0.3) is 0 Å². The average molecular weight is 249 g/mol. The second kappa shape index (κ2) is 5.72. The van der Waals surface area contributed by atoms with Gasteiger partial charge in [-0.25, -0.2) is 0 Å². The Kier molecular flexibility index (Phi) is 4.25. The summed E-state index contributed by atoms with van der Waals surface area (Å²) in [5.74, 6) is 0.909. The molecule has 3 heteroatoms. The van der Waals surface area contributed by atoms with E-state index < -0.39 is 5.60 Å². The Bertz CT molecular complexity index is 369. The largest absolute Gasteiger partial charge is 0.491 e. The first-order valence-electron chi connectivity index (χ1n) is 6.76. The Hall–Kier alpha value is -1.06. The van der Waals surface area contributed by atoms with Crippen LogP contribution in [0.15, 0.2) is 24.3 Å². The van der Waals surface area contributed by atoms with Gasteiger partial charge in [-0.3, -0.25) is 0 Å². The third-order valence-corrected chi connectivity index (χ3v) is 3.36. The molecule has 0 radical (unpaired) electrons. The number of benzene rings is 1. The number of ether oxygens (including phenoxy) is 1. The van der Waals surface area contributed by atoms with E-state index in [0.29, 0.717) is 6.54 Å². The van der Waals surface area contributed by atoms with Crippen LogP contribution in [-0.2, 0) is 6.54 Å². The van der Waals surface area contributed by atoms with E-state index in [9.17, 15) is 5.11 Å². The molecular formula is C15H23NO2. The van der Waals surface area contributed by atoms with Crippen molar-refractivity contribution < 1.29 is 9.84 Å². The zero-order valence-corrected chi connectivity index (χ0v) is 11.3. The monoisotopic (exact) mass is 249 g/mol. The normalized spacial score (nSPS) is 17.6. The van der Waals surface area contributed by atoms with Crippen LogP contribution in [0.25, 0.3) is 0 Å². The van der Waals surface area contributed by atoms with Gasteiger partial charge in [0.1, 0.15) is 5.75 Å². The Morgan fingerprint density at radius 1 is 1.28 bits per heavy atom. The molecule has 0 aromatic heterocycles. The average Bonchev–Trinajstić information content (AvgIpc) is 2.28. The smallest absolute Gasteiger partial charge is 0.119 e. The first-order chi connectivity index (χ1) is 8.57. The molecule has 0 heterocycles. The lowest BCUT2D eigenvalue weighted by Crippen LogP contribution is -2.45. The van der Waals surface area contributed by atoms with E-state index in [1.807, 2.05) is 26.0 Å². The Morgan fingerprint density at radius 2 is 1.94 bits per heavy atom. The Balaban J connectivity index is 1.75. The maximum atomic E-state index is 9.95. The number of aliphatic hydroxyl groups is 1. The molecule has 1 aliphatic carbocycles. The molecule has 100 valence electrons. The van der Waals surface area contributed by atoms with Crippen molar-refractivity contribution >= 4 is 0 Å². The molecule has 1 aromatic rings. The highest BCUT2D eigenvalue weighted by molar-refractivity contribution is 5.27. The standard InChI is InChI=1S/C15H23NO2/c1-12(2)18-14-6-4-13(5-7-14)10-16-11-15(17)8-3-9-15/h4-7,12,16-17H,3,8-11H2,1-2H3. The molecular weight excluding hydrogens is 226 g/mol. The third kappa shape index (κ3) is 3.72. The summed E-state index contributed by atoms with van der Waals surface area (Å²) in [6, 6.07) is 8.12. The van der Waals surface area contributed by atoms with E-state index in [2.05, 4.69) is 17.4 Å². The van der Waals surface area contributed by atoms with Crippen LogP contribution in [0.5, 0.6) is 5.75 Å². The minimum Gasteiger partial charge on any atom is -0.491 e. The van der Waals surface area contributed by atoms with Crippen molar-refractivity contribution in [2.24, 2.45) is 0 Å². The van der Waals surface area contributed by atoms with Crippen LogP contribution < -0.4 is 10.1 Å². The highest BCUT2D eigenvalue weighted by Gasteiger charge is 2.33. The van der Waals surface area contributed by atoms with E-state index in [0.717, 1.165) is 31.6 Å². The van der Waals surface area contributed by atoms with Crippen molar-refractivity contribution in [2.45, 2.75) is 51.4 Å². The molecule has 2 rings (SSSR count). The Labute approximate surface area is 109 Å². The van der Waals surface area contributed by atoms with Crippen LogP contribution in [0, 0.1) is 0 Å². The molecule has 0 aliphatic heterocycles. The van der Waals surface area contributed by atoms with Gasteiger partial charge in [0, 0.05) is 13.1 Å². The second-order valence-corrected chi connectivity index (χ2v) is 5.49. The number of hydrogen-bond acceptors (Lipinski definition) is 3. The molecule has 18 heavy (non-hydrogen) atoms. The molecule has 1 aliphatic rings. The van der Waals surface area contributed by atoms with E-state index in [-0.39, 0.29) is 6.10 Å².